The molecule has 0 saturated heterocycles. The molecule has 0 nitrogen and oxygen atoms in total. The van der Waals surface area contributed by atoms with E-state index in [2.05, 4.69) is 77.0 Å². The van der Waals surface area contributed by atoms with Gasteiger partial charge in [0.15, 0.2) is 0 Å². The van der Waals surface area contributed by atoms with E-state index in [1.54, 1.807) is 11.1 Å². The van der Waals surface area contributed by atoms with E-state index in [9.17, 15) is 0 Å². The quantitative estimate of drug-likeness (QED) is 0.445. The van der Waals surface area contributed by atoms with E-state index in [4.69, 9.17) is 0 Å². The Morgan fingerprint density at radius 3 is 1.44 bits per heavy atom. The van der Waals surface area contributed by atoms with Crippen molar-refractivity contribution in [3.8, 4) is 0 Å². The van der Waals surface area contributed by atoms with Crippen molar-refractivity contribution in [2.75, 3.05) is 0 Å². The van der Waals surface area contributed by atoms with Gasteiger partial charge in [-0.15, -0.1) is 24.3 Å². The summed E-state index contributed by atoms with van der Waals surface area (Å²) in [5, 5.41) is 0. The molecule has 148 valence electrons. The van der Waals surface area contributed by atoms with Crippen molar-refractivity contribution in [3.05, 3.63) is 60.4 Å². The Hall–Kier alpha value is 0.163. The third-order valence-electron chi connectivity index (χ3n) is 6.30. The van der Waals surface area contributed by atoms with Gasteiger partial charge in [-0.25, -0.2) is 36.1 Å². The van der Waals surface area contributed by atoms with Gasteiger partial charge in [-0.05, 0) is 36.5 Å². The van der Waals surface area contributed by atoms with Crippen molar-refractivity contribution < 1.29 is 51.0 Å². The van der Waals surface area contributed by atoms with Crippen LogP contribution in [-0.4, -0.2) is 0 Å². The Balaban J connectivity index is 0.000000451. The van der Waals surface area contributed by atoms with E-state index in [1.165, 1.54) is 25.7 Å². The molecule has 27 heavy (non-hydrogen) atoms. The monoisotopic (exact) mass is 482 g/mol. The van der Waals surface area contributed by atoms with E-state index in [1.807, 2.05) is 0 Å². The number of hydrogen-bond donors (Lipinski definition) is 0. The maximum atomic E-state index is 2.44. The van der Waals surface area contributed by atoms with Gasteiger partial charge in [0.2, 0.25) is 0 Å². The van der Waals surface area contributed by atoms with Gasteiger partial charge in [0.25, 0.3) is 0 Å². The van der Waals surface area contributed by atoms with E-state index in [-0.39, 0.29) is 51.0 Å². The molecule has 0 aromatic rings. The van der Waals surface area contributed by atoms with Crippen LogP contribution in [0.25, 0.3) is 0 Å². The minimum Gasteiger partial charge on any atom is -1.00 e. The predicted octanol–water partition coefficient (Wildman–Crippen LogP) is 0.744. The van der Waals surface area contributed by atoms with Gasteiger partial charge in [0.1, 0.15) is 0 Å². The molecule has 0 aromatic heterocycles. The van der Waals surface area contributed by atoms with Crippen LogP contribution in [0.3, 0.4) is 0 Å². The van der Waals surface area contributed by atoms with Crippen molar-refractivity contribution in [2.45, 2.75) is 53.4 Å². The molecule has 0 amide bonds. The molecule has 4 aliphatic rings. The second-order valence-corrected chi connectivity index (χ2v) is 8.59. The molecular weight excluding hydrogens is 450 g/mol. The fraction of sp³-hybridized carbons (Fsp3) is 0.583. The van der Waals surface area contributed by atoms with Crippen molar-refractivity contribution in [2.24, 2.45) is 35.5 Å². The van der Waals surface area contributed by atoms with Crippen molar-refractivity contribution in [3.63, 3.8) is 0 Å². The maximum Gasteiger partial charge on any atom is 4.00 e. The first-order valence-electron chi connectivity index (χ1n) is 9.97. The zero-order valence-electron chi connectivity index (χ0n) is 17.2. The van der Waals surface area contributed by atoms with Gasteiger partial charge >= 0.3 is 26.2 Å². The molecule has 6 atom stereocenters. The van der Waals surface area contributed by atoms with Crippen LogP contribution in [0, 0.1) is 48.3 Å². The molecule has 0 spiro atoms. The Morgan fingerprint density at radius 1 is 0.704 bits per heavy atom. The second-order valence-electron chi connectivity index (χ2n) is 8.59. The molecule has 2 fully saturated rings. The van der Waals surface area contributed by atoms with Crippen LogP contribution in [-0.2, 0) is 26.2 Å². The number of rotatable bonds is 0. The minimum atomic E-state index is 0. The van der Waals surface area contributed by atoms with Gasteiger partial charge in [0.05, 0.1) is 0 Å². The van der Waals surface area contributed by atoms with E-state index in [0.717, 1.165) is 35.5 Å². The molecule has 4 aliphatic carbocycles. The summed E-state index contributed by atoms with van der Waals surface area (Å²) in [4.78, 5) is 0. The topological polar surface area (TPSA) is 0 Å². The van der Waals surface area contributed by atoms with Crippen LogP contribution in [0.15, 0.2) is 47.6 Å². The third kappa shape index (κ3) is 7.17. The summed E-state index contributed by atoms with van der Waals surface area (Å²) in [6.45, 7) is 9.40. The summed E-state index contributed by atoms with van der Waals surface area (Å²) in [7, 11) is 0. The van der Waals surface area contributed by atoms with Gasteiger partial charge in [-0.2, -0.15) is 0 Å². The summed E-state index contributed by atoms with van der Waals surface area (Å²) in [5.41, 5.74) is 3.17. The number of hydrogen-bond acceptors (Lipinski definition) is 0. The largest absolute Gasteiger partial charge is 4.00 e. The minimum absolute atomic E-state index is 0. The fourth-order valence-electron chi connectivity index (χ4n) is 4.87. The average Bonchev–Trinajstić information content (AvgIpc) is 3.01. The Bertz CT molecular complexity index is 511. The van der Waals surface area contributed by atoms with Crippen LogP contribution in [0.4, 0.5) is 0 Å². The molecular formula is C24H34Cl2Zr. The Labute approximate surface area is 199 Å². The third-order valence-corrected chi connectivity index (χ3v) is 6.30. The summed E-state index contributed by atoms with van der Waals surface area (Å²) in [6, 6.07) is 0. The van der Waals surface area contributed by atoms with Crippen molar-refractivity contribution in [1.29, 1.82) is 0 Å². The standard InChI is InChI=1S/2C12H17.2ClH.Zr/c2*1-9-7-11-6-4-3-5-10(2)12(11)8-9;;;/h2*3-4,6-7,9-10,12H,5,8H2,1-2H3;2*1H;/q2*-1;;;+4/p-2. The molecule has 0 radical (unpaired) electrons. The Morgan fingerprint density at radius 2 is 1.07 bits per heavy atom. The SMILES string of the molecule is CC1[CH-]C2=CC=CCC(C)C2C1.CC1[CH-]C2=CC=CCC(C)C2C1.[Cl-].[Cl-].[Zr+4]. The molecule has 0 N–H and O–H groups in total. The summed E-state index contributed by atoms with van der Waals surface area (Å²) < 4.78 is 0. The first kappa shape index (κ1) is 27.2. The first-order chi connectivity index (χ1) is 11.5. The molecule has 0 bridgehead atoms. The molecule has 6 unspecified atom stereocenters. The molecule has 3 heteroatoms. The Kier molecular flexibility index (Phi) is 12.7. The predicted molar refractivity (Wildman–Crippen MR) is 105 cm³/mol. The normalized spacial score (nSPS) is 35.4. The van der Waals surface area contributed by atoms with Crippen molar-refractivity contribution in [1.82, 2.24) is 0 Å². The molecule has 0 aromatic carbocycles. The van der Waals surface area contributed by atoms with Gasteiger partial charge in [-0.3, -0.25) is 0 Å². The molecule has 2 saturated carbocycles. The van der Waals surface area contributed by atoms with Crippen molar-refractivity contribution >= 4 is 0 Å². The fourth-order valence-corrected chi connectivity index (χ4v) is 4.87. The first-order valence-corrected chi connectivity index (χ1v) is 9.97. The van der Waals surface area contributed by atoms with Gasteiger partial charge in [0, 0.05) is 0 Å². The smallest absolute Gasteiger partial charge is 1.00 e. The van der Waals surface area contributed by atoms with E-state index < -0.39 is 0 Å². The molecule has 4 rings (SSSR count). The van der Waals surface area contributed by atoms with Crippen LogP contribution >= 0.6 is 0 Å². The number of fused-ring (bicyclic) bond motifs is 2. The van der Waals surface area contributed by atoms with Crippen LogP contribution < -0.4 is 24.8 Å². The van der Waals surface area contributed by atoms with Gasteiger partial charge < -0.3 is 24.8 Å². The number of allylic oxidation sites excluding steroid dienone is 8. The second kappa shape index (κ2) is 12.7. The number of halogens is 2. The van der Waals surface area contributed by atoms with E-state index >= 15 is 0 Å². The van der Waals surface area contributed by atoms with Crippen LogP contribution in [0.2, 0.25) is 0 Å². The summed E-state index contributed by atoms with van der Waals surface area (Å²) in [6.07, 6.45) is 23.8. The van der Waals surface area contributed by atoms with Gasteiger partial charge in [-0.1, -0.05) is 52.4 Å². The van der Waals surface area contributed by atoms with E-state index in [0.29, 0.717) is 0 Å². The summed E-state index contributed by atoms with van der Waals surface area (Å²) in [5.74, 6) is 4.97. The molecule has 0 heterocycles. The maximum absolute atomic E-state index is 2.44. The van der Waals surface area contributed by atoms with Crippen LogP contribution in [0.5, 0.6) is 0 Å². The van der Waals surface area contributed by atoms with Crippen LogP contribution in [0.1, 0.15) is 53.4 Å². The summed E-state index contributed by atoms with van der Waals surface area (Å²) >= 11 is 0. The zero-order chi connectivity index (χ0) is 17.1. The average molecular weight is 485 g/mol. The molecule has 0 aliphatic heterocycles. The zero-order valence-corrected chi connectivity index (χ0v) is 21.1.